The van der Waals surface area contributed by atoms with Crippen molar-refractivity contribution in [3.05, 3.63) is 40.3 Å². The van der Waals surface area contributed by atoms with E-state index < -0.39 is 0 Å². The first-order chi connectivity index (χ1) is 13.1. The molecule has 27 heavy (non-hydrogen) atoms. The maximum atomic E-state index is 12.4. The molecule has 0 aliphatic carbocycles. The van der Waals surface area contributed by atoms with E-state index in [0.29, 0.717) is 30.1 Å². The Kier molecular flexibility index (Phi) is 5.11. The molecular weight excluding hydrogens is 360 g/mol. The lowest BCUT2D eigenvalue weighted by molar-refractivity contribution is 0.0941. The molecule has 1 atom stereocenters. The molecule has 1 N–H and O–H groups in total. The standard InChI is InChI=1S/C20H24N4O2S/c1-13(2)19-22-16(12-27-19)18(25)21-10-14-6-5-9-24(11-14)20-23-15-7-3-4-8-17(15)26-20/h3-4,7-8,12-14H,5-6,9-11H2,1-2H3,(H,21,25). The first kappa shape index (κ1) is 18.0. The Bertz CT molecular complexity index is 900. The first-order valence-corrected chi connectivity index (χ1v) is 10.3. The third-order valence-corrected chi connectivity index (χ3v) is 6.02. The lowest BCUT2D eigenvalue weighted by atomic mass is 9.98. The molecule has 0 bridgehead atoms. The number of thiazole rings is 1. The number of para-hydroxylation sites is 2. The summed E-state index contributed by atoms with van der Waals surface area (Å²) in [7, 11) is 0. The van der Waals surface area contributed by atoms with Crippen molar-refractivity contribution in [2.24, 2.45) is 5.92 Å². The summed E-state index contributed by atoms with van der Waals surface area (Å²) in [4.78, 5) is 23.6. The summed E-state index contributed by atoms with van der Waals surface area (Å²) >= 11 is 1.55. The van der Waals surface area contributed by atoms with Gasteiger partial charge in [-0.2, -0.15) is 4.98 Å². The highest BCUT2D eigenvalue weighted by molar-refractivity contribution is 7.09. The van der Waals surface area contributed by atoms with Crippen LogP contribution in [0, 0.1) is 5.92 Å². The van der Waals surface area contributed by atoms with Gasteiger partial charge in [0, 0.05) is 30.9 Å². The molecule has 3 heterocycles. The number of amides is 1. The number of hydrogen-bond donors (Lipinski definition) is 1. The Hall–Kier alpha value is -2.41. The molecule has 142 valence electrons. The molecule has 0 spiro atoms. The topological polar surface area (TPSA) is 71.3 Å². The number of anilines is 1. The van der Waals surface area contributed by atoms with E-state index in [2.05, 4.69) is 34.0 Å². The fraction of sp³-hybridized carbons (Fsp3) is 0.450. The largest absolute Gasteiger partial charge is 0.423 e. The summed E-state index contributed by atoms with van der Waals surface area (Å²) in [6.45, 7) is 6.58. The number of benzene rings is 1. The predicted molar refractivity (Wildman–Crippen MR) is 107 cm³/mol. The second-order valence-electron chi connectivity index (χ2n) is 7.35. The number of nitrogens with zero attached hydrogens (tertiary/aromatic N) is 3. The molecule has 1 fully saturated rings. The van der Waals surface area contributed by atoms with Crippen LogP contribution in [0.2, 0.25) is 0 Å². The van der Waals surface area contributed by atoms with E-state index in [1.54, 1.807) is 11.3 Å². The molecule has 1 aliphatic heterocycles. The van der Waals surface area contributed by atoms with Gasteiger partial charge in [0.05, 0.1) is 5.01 Å². The minimum absolute atomic E-state index is 0.0860. The second kappa shape index (κ2) is 7.68. The monoisotopic (exact) mass is 384 g/mol. The van der Waals surface area contributed by atoms with Gasteiger partial charge in [0.25, 0.3) is 11.9 Å². The summed E-state index contributed by atoms with van der Waals surface area (Å²) in [5.41, 5.74) is 2.22. The number of oxazole rings is 1. The van der Waals surface area contributed by atoms with Crippen LogP contribution in [0.15, 0.2) is 34.1 Å². The van der Waals surface area contributed by atoms with Gasteiger partial charge in [0.1, 0.15) is 11.2 Å². The van der Waals surface area contributed by atoms with Gasteiger partial charge in [0.2, 0.25) is 0 Å². The normalized spacial score (nSPS) is 17.6. The van der Waals surface area contributed by atoms with Gasteiger partial charge in [-0.15, -0.1) is 11.3 Å². The fourth-order valence-corrected chi connectivity index (χ4v) is 4.20. The van der Waals surface area contributed by atoms with Crippen LogP contribution in [0.25, 0.3) is 11.1 Å². The van der Waals surface area contributed by atoms with Crippen LogP contribution in [0.3, 0.4) is 0 Å². The van der Waals surface area contributed by atoms with Crippen molar-refractivity contribution in [2.45, 2.75) is 32.6 Å². The Labute approximate surface area is 162 Å². The molecule has 6 nitrogen and oxygen atoms in total. The fourth-order valence-electron chi connectivity index (χ4n) is 3.39. The Balaban J connectivity index is 1.36. The highest BCUT2D eigenvalue weighted by atomic mass is 32.1. The summed E-state index contributed by atoms with van der Waals surface area (Å²) in [5, 5.41) is 5.89. The third kappa shape index (κ3) is 3.98. The van der Waals surface area contributed by atoms with Gasteiger partial charge in [-0.25, -0.2) is 4.98 Å². The maximum absolute atomic E-state index is 12.4. The highest BCUT2D eigenvalue weighted by Crippen LogP contribution is 2.26. The van der Waals surface area contributed by atoms with Crippen molar-refractivity contribution in [1.29, 1.82) is 0 Å². The molecule has 1 saturated heterocycles. The van der Waals surface area contributed by atoms with E-state index in [-0.39, 0.29) is 5.91 Å². The quantitative estimate of drug-likeness (QED) is 0.718. The van der Waals surface area contributed by atoms with E-state index in [1.165, 1.54) is 0 Å². The van der Waals surface area contributed by atoms with Crippen molar-refractivity contribution >= 4 is 34.4 Å². The molecule has 0 saturated carbocycles. The van der Waals surface area contributed by atoms with Crippen LogP contribution in [0.4, 0.5) is 6.01 Å². The number of hydrogen-bond acceptors (Lipinski definition) is 6. The lowest BCUT2D eigenvalue weighted by Gasteiger charge is -2.31. The molecule has 1 amide bonds. The van der Waals surface area contributed by atoms with Crippen LogP contribution < -0.4 is 10.2 Å². The number of nitrogens with one attached hydrogen (secondary N) is 1. The van der Waals surface area contributed by atoms with E-state index in [1.807, 2.05) is 29.6 Å². The van der Waals surface area contributed by atoms with Gasteiger partial charge in [-0.05, 0) is 30.9 Å². The van der Waals surface area contributed by atoms with Crippen LogP contribution in [0.1, 0.15) is 48.1 Å². The van der Waals surface area contributed by atoms with Gasteiger partial charge in [-0.3, -0.25) is 4.79 Å². The van der Waals surface area contributed by atoms with Crippen molar-refractivity contribution in [3.8, 4) is 0 Å². The Morgan fingerprint density at radius 2 is 2.22 bits per heavy atom. The molecule has 1 aromatic carbocycles. The van der Waals surface area contributed by atoms with Crippen LogP contribution in [-0.2, 0) is 0 Å². The zero-order chi connectivity index (χ0) is 18.8. The first-order valence-electron chi connectivity index (χ1n) is 9.44. The number of carbonyl (C=O) groups is 1. The van der Waals surface area contributed by atoms with Gasteiger partial charge >= 0.3 is 0 Å². The maximum Gasteiger partial charge on any atom is 0.298 e. The molecule has 3 aromatic rings. The third-order valence-electron chi connectivity index (χ3n) is 4.87. The number of rotatable bonds is 5. The minimum Gasteiger partial charge on any atom is -0.423 e. The van der Waals surface area contributed by atoms with E-state index in [4.69, 9.17) is 4.42 Å². The second-order valence-corrected chi connectivity index (χ2v) is 8.24. The summed E-state index contributed by atoms with van der Waals surface area (Å²) in [5.74, 6) is 0.637. The molecule has 0 radical (unpaired) electrons. The lowest BCUT2D eigenvalue weighted by Crippen LogP contribution is -2.41. The van der Waals surface area contributed by atoms with Crippen LogP contribution in [0.5, 0.6) is 0 Å². The van der Waals surface area contributed by atoms with Crippen molar-refractivity contribution in [3.63, 3.8) is 0 Å². The van der Waals surface area contributed by atoms with E-state index in [9.17, 15) is 4.79 Å². The summed E-state index contributed by atoms with van der Waals surface area (Å²) in [6, 6.07) is 8.49. The molecule has 1 unspecified atom stereocenters. The summed E-state index contributed by atoms with van der Waals surface area (Å²) in [6.07, 6.45) is 2.15. The average molecular weight is 385 g/mol. The number of aromatic nitrogens is 2. The molecule has 4 rings (SSSR count). The van der Waals surface area contributed by atoms with Gasteiger partial charge < -0.3 is 14.6 Å². The van der Waals surface area contributed by atoms with E-state index >= 15 is 0 Å². The van der Waals surface area contributed by atoms with Gasteiger partial charge in [-0.1, -0.05) is 26.0 Å². The van der Waals surface area contributed by atoms with Crippen LogP contribution in [-0.4, -0.2) is 35.5 Å². The zero-order valence-electron chi connectivity index (χ0n) is 15.6. The molecule has 2 aromatic heterocycles. The van der Waals surface area contributed by atoms with E-state index in [0.717, 1.165) is 42.0 Å². The predicted octanol–water partition coefficient (Wildman–Crippen LogP) is 4.05. The number of fused-ring (bicyclic) bond motifs is 1. The minimum atomic E-state index is -0.0860. The Morgan fingerprint density at radius 3 is 3.00 bits per heavy atom. The van der Waals surface area contributed by atoms with Crippen molar-refractivity contribution in [1.82, 2.24) is 15.3 Å². The van der Waals surface area contributed by atoms with Crippen LogP contribution >= 0.6 is 11.3 Å². The van der Waals surface area contributed by atoms with Crippen molar-refractivity contribution < 1.29 is 9.21 Å². The highest BCUT2D eigenvalue weighted by Gasteiger charge is 2.24. The average Bonchev–Trinajstić information content (AvgIpc) is 3.33. The van der Waals surface area contributed by atoms with Gasteiger partial charge in [0.15, 0.2) is 5.58 Å². The zero-order valence-corrected chi connectivity index (χ0v) is 16.5. The molecular formula is C20H24N4O2S. The Morgan fingerprint density at radius 1 is 1.37 bits per heavy atom. The number of carbonyl (C=O) groups excluding carboxylic acids is 1. The molecule has 7 heteroatoms. The SMILES string of the molecule is CC(C)c1nc(C(=O)NCC2CCCN(c3nc4ccccc4o3)C2)cs1. The smallest absolute Gasteiger partial charge is 0.298 e. The molecule has 1 aliphatic rings. The summed E-state index contributed by atoms with van der Waals surface area (Å²) < 4.78 is 5.89. The van der Waals surface area contributed by atoms with Crippen molar-refractivity contribution in [2.75, 3.05) is 24.5 Å². The number of piperidine rings is 1.